The minimum Gasteiger partial charge on any atom is -0.487 e. The van der Waals surface area contributed by atoms with Crippen molar-refractivity contribution in [3.8, 4) is 5.75 Å². The first-order valence-electron chi connectivity index (χ1n) is 10.2. The van der Waals surface area contributed by atoms with Crippen molar-refractivity contribution in [3.63, 3.8) is 0 Å². The van der Waals surface area contributed by atoms with Crippen LogP contribution in [0.1, 0.15) is 18.4 Å². The number of nitrogens with zero attached hydrogens (tertiary/aromatic N) is 2. The van der Waals surface area contributed by atoms with Crippen LogP contribution in [-0.4, -0.2) is 63.1 Å². The minimum absolute atomic E-state index is 0.220. The summed E-state index contributed by atoms with van der Waals surface area (Å²) in [6.45, 7) is 2.82. The van der Waals surface area contributed by atoms with Crippen LogP contribution in [0.4, 0.5) is 4.39 Å². The van der Waals surface area contributed by atoms with E-state index in [1.165, 1.54) is 12.1 Å². The Labute approximate surface area is 177 Å². The van der Waals surface area contributed by atoms with Crippen molar-refractivity contribution in [1.29, 1.82) is 0 Å². The summed E-state index contributed by atoms with van der Waals surface area (Å²) in [6.07, 6.45) is 1.13. The van der Waals surface area contributed by atoms with E-state index >= 15 is 0 Å². The van der Waals surface area contributed by atoms with Crippen LogP contribution in [0, 0.1) is 5.82 Å². The summed E-state index contributed by atoms with van der Waals surface area (Å²) in [4.78, 5) is 2.50. The SMILES string of the molecule is COCCN1[C@@H]2CCN(Cc3ccc(F)cc3)CC[C@H]2Oc2ccccc2S1(=O)=O. The molecule has 1 fully saturated rings. The fraction of sp³-hybridized carbons (Fsp3) is 0.455. The molecule has 6 nitrogen and oxygen atoms in total. The molecule has 4 rings (SSSR count). The second kappa shape index (κ2) is 9.01. The van der Waals surface area contributed by atoms with E-state index in [1.807, 2.05) is 0 Å². The average Bonchev–Trinajstić information content (AvgIpc) is 2.97. The van der Waals surface area contributed by atoms with Crippen molar-refractivity contribution in [2.45, 2.75) is 36.4 Å². The third kappa shape index (κ3) is 4.37. The summed E-state index contributed by atoms with van der Waals surface area (Å²) >= 11 is 0. The number of para-hydroxylation sites is 1. The van der Waals surface area contributed by atoms with E-state index in [1.54, 1.807) is 47.8 Å². The first-order chi connectivity index (χ1) is 14.5. The van der Waals surface area contributed by atoms with Gasteiger partial charge in [-0.05, 0) is 42.7 Å². The molecule has 0 aromatic heterocycles. The molecule has 0 N–H and O–H groups in total. The lowest BCUT2D eigenvalue weighted by Crippen LogP contribution is -2.48. The number of likely N-dealkylation sites (tertiary alicyclic amines) is 1. The third-order valence-corrected chi connectivity index (χ3v) is 7.78. The highest BCUT2D eigenvalue weighted by Gasteiger charge is 2.43. The molecule has 0 radical (unpaired) electrons. The third-order valence-electron chi connectivity index (χ3n) is 5.82. The molecule has 2 aromatic carbocycles. The quantitative estimate of drug-likeness (QED) is 0.724. The Morgan fingerprint density at radius 3 is 2.60 bits per heavy atom. The van der Waals surface area contributed by atoms with Crippen LogP contribution in [0.2, 0.25) is 0 Å². The number of hydrogen-bond donors (Lipinski definition) is 0. The van der Waals surface area contributed by atoms with Crippen LogP contribution in [0.5, 0.6) is 5.75 Å². The molecule has 162 valence electrons. The zero-order valence-corrected chi connectivity index (χ0v) is 17.9. The summed E-state index contributed by atoms with van der Waals surface area (Å²) in [6, 6.07) is 13.1. The molecule has 8 heteroatoms. The summed E-state index contributed by atoms with van der Waals surface area (Å²) in [5.41, 5.74) is 1.04. The largest absolute Gasteiger partial charge is 0.487 e. The molecule has 1 saturated heterocycles. The molecular formula is C22H27FN2O4S. The number of fused-ring (bicyclic) bond motifs is 2. The van der Waals surface area contributed by atoms with Crippen molar-refractivity contribution in [2.24, 2.45) is 0 Å². The van der Waals surface area contributed by atoms with Crippen molar-refractivity contribution in [3.05, 3.63) is 59.9 Å². The van der Waals surface area contributed by atoms with Crippen molar-refractivity contribution < 1.29 is 22.3 Å². The molecule has 0 aliphatic carbocycles. The van der Waals surface area contributed by atoms with Crippen molar-refractivity contribution >= 4 is 10.0 Å². The van der Waals surface area contributed by atoms with Crippen LogP contribution < -0.4 is 4.74 Å². The Bertz CT molecular complexity index is 967. The molecule has 2 aliphatic rings. The number of rotatable bonds is 5. The Hall–Kier alpha value is -2.00. The van der Waals surface area contributed by atoms with Gasteiger partial charge in [-0.3, -0.25) is 4.90 Å². The predicted molar refractivity (Wildman–Crippen MR) is 111 cm³/mol. The van der Waals surface area contributed by atoms with Gasteiger partial charge in [0.05, 0.1) is 12.6 Å². The van der Waals surface area contributed by atoms with Crippen molar-refractivity contribution in [1.82, 2.24) is 9.21 Å². The molecule has 2 aliphatic heterocycles. The van der Waals surface area contributed by atoms with Gasteiger partial charge in [0.1, 0.15) is 22.6 Å². The van der Waals surface area contributed by atoms with Gasteiger partial charge in [0, 0.05) is 33.3 Å². The molecule has 0 amide bonds. The Balaban J connectivity index is 1.59. The van der Waals surface area contributed by atoms with Crippen LogP contribution in [0.3, 0.4) is 0 Å². The highest BCUT2D eigenvalue weighted by atomic mass is 32.2. The van der Waals surface area contributed by atoms with E-state index in [0.717, 1.165) is 18.7 Å². The summed E-state index contributed by atoms with van der Waals surface area (Å²) in [5.74, 6) is 0.169. The van der Waals surface area contributed by atoms with Crippen LogP contribution >= 0.6 is 0 Å². The first kappa shape index (κ1) is 21.2. The fourth-order valence-corrected chi connectivity index (χ4v) is 6.07. The van der Waals surface area contributed by atoms with Crippen LogP contribution in [-0.2, 0) is 21.3 Å². The second-order valence-electron chi connectivity index (χ2n) is 7.76. The van der Waals surface area contributed by atoms with E-state index in [-0.39, 0.29) is 29.4 Å². The topological polar surface area (TPSA) is 59.1 Å². The van der Waals surface area contributed by atoms with Gasteiger partial charge in [0.25, 0.3) is 0 Å². The number of hydrogen-bond acceptors (Lipinski definition) is 5. The maximum atomic E-state index is 13.4. The molecule has 0 bridgehead atoms. The summed E-state index contributed by atoms with van der Waals surface area (Å²) in [5, 5.41) is 0. The lowest BCUT2D eigenvalue weighted by atomic mass is 10.1. The smallest absolute Gasteiger partial charge is 0.247 e. The summed E-state index contributed by atoms with van der Waals surface area (Å²) in [7, 11) is -2.12. The van der Waals surface area contributed by atoms with Crippen molar-refractivity contribution in [2.75, 3.05) is 33.4 Å². The second-order valence-corrected chi connectivity index (χ2v) is 9.62. The minimum atomic E-state index is -3.69. The zero-order chi connectivity index (χ0) is 21.1. The Morgan fingerprint density at radius 1 is 1.10 bits per heavy atom. The number of ether oxygens (including phenoxy) is 2. The molecule has 2 aromatic rings. The van der Waals surface area contributed by atoms with Gasteiger partial charge in [-0.15, -0.1) is 0 Å². The number of benzene rings is 2. The van der Waals surface area contributed by atoms with E-state index < -0.39 is 10.0 Å². The standard InChI is InChI=1S/C22H27FN2O4S/c1-28-15-14-25-19-10-12-24(16-17-6-8-18(23)9-7-17)13-11-20(19)29-21-4-2-3-5-22(21)30(25,26)27/h2-9,19-20H,10-16H2,1H3/t19-,20-/m1/s1. The highest BCUT2D eigenvalue weighted by Crippen LogP contribution is 2.36. The van der Waals surface area contributed by atoms with Gasteiger partial charge in [-0.2, -0.15) is 4.31 Å². The Morgan fingerprint density at radius 2 is 1.83 bits per heavy atom. The van der Waals surface area contributed by atoms with Gasteiger partial charge in [-0.25, -0.2) is 12.8 Å². The van der Waals surface area contributed by atoms with Gasteiger partial charge in [0.2, 0.25) is 10.0 Å². The molecule has 2 heterocycles. The van der Waals surface area contributed by atoms with Crippen LogP contribution in [0.25, 0.3) is 0 Å². The van der Waals surface area contributed by atoms with E-state index in [9.17, 15) is 12.8 Å². The molecule has 30 heavy (non-hydrogen) atoms. The highest BCUT2D eigenvalue weighted by molar-refractivity contribution is 7.89. The van der Waals surface area contributed by atoms with Gasteiger partial charge in [-0.1, -0.05) is 24.3 Å². The molecule has 0 saturated carbocycles. The van der Waals surface area contributed by atoms with Gasteiger partial charge in [0.15, 0.2) is 0 Å². The number of halogens is 1. The van der Waals surface area contributed by atoms with Gasteiger partial charge >= 0.3 is 0 Å². The monoisotopic (exact) mass is 434 g/mol. The molecule has 0 spiro atoms. The summed E-state index contributed by atoms with van der Waals surface area (Å²) < 4.78 is 53.1. The fourth-order valence-electron chi connectivity index (χ4n) is 4.28. The Kier molecular flexibility index (Phi) is 6.38. The number of methoxy groups -OCH3 is 1. The van der Waals surface area contributed by atoms with E-state index in [2.05, 4.69) is 4.90 Å². The average molecular weight is 435 g/mol. The molecule has 0 unspecified atom stereocenters. The predicted octanol–water partition coefficient (Wildman–Crippen LogP) is 2.89. The lowest BCUT2D eigenvalue weighted by Gasteiger charge is -2.31. The molecule has 2 atom stereocenters. The first-order valence-corrected chi connectivity index (χ1v) is 11.7. The lowest BCUT2D eigenvalue weighted by molar-refractivity contribution is 0.0958. The molecular weight excluding hydrogens is 407 g/mol. The van der Waals surface area contributed by atoms with Gasteiger partial charge < -0.3 is 9.47 Å². The van der Waals surface area contributed by atoms with Crippen LogP contribution in [0.15, 0.2) is 53.4 Å². The normalized spacial score (nSPS) is 24.2. The van der Waals surface area contributed by atoms with E-state index in [4.69, 9.17) is 9.47 Å². The number of sulfonamides is 1. The maximum Gasteiger partial charge on any atom is 0.247 e. The maximum absolute atomic E-state index is 13.4. The zero-order valence-electron chi connectivity index (χ0n) is 17.0. The van der Waals surface area contributed by atoms with E-state index in [0.29, 0.717) is 31.7 Å².